The number of hydrogen-bond donors (Lipinski definition) is 1. The van der Waals surface area contributed by atoms with Crippen LogP contribution in [0.1, 0.15) is 18.9 Å². The molecule has 0 amide bonds. The minimum Gasteiger partial charge on any atom is -0.481 e. The van der Waals surface area contributed by atoms with Crippen molar-refractivity contribution in [3.63, 3.8) is 0 Å². The minimum atomic E-state index is 0.666. The van der Waals surface area contributed by atoms with E-state index in [2.05, 4.69) is 23.5 Å². The molecule has 0 bridgehead atoms. The largest absolute Gasteiger partial charge is 0.481 e. The van der Waals surface area contributed by atoms with Crippen LogP contribution in [0.4, 0.5) is 0 Å². The zero-order valence-corrected chi connectivity index (χ0v) is 11.0. The summed E-state index contributed by atoms with van der Waals surface area (Å²) >= 11 is 1.91. The first-order valence-electron chi connectivity index (χ1n) is 5.48. The Hall–Kier alpha value is -0.740. The Morgan fingerprint density at radius 1 is 1.50 bits per heavy atom. The highest BCUT2D eigenvalue weighted by Gasteiger charge is 1.99. The van der Waals surface area contributed by atoms with E-state index in [1.165, 1.54) is 12.0 Å². The van der Waals surface area contributed by atoms with Gasteiger partial charge in [-0.15, -0.1) is 0 Å². The lowest BCUT2D eigenvalue weighted by Crippen LogP contribution is -2.17. The van der Waals surface area contributed by atoms with Crippen LogP contribution in [0.2, 0.25) is 0 Å². The second-order valence-electron chi connectivity index (χ2n) is 3.72. The first-order chi connectivity index (χ1) is 7.76. The molecule has 0 saturated heterocycles. The summed E-state index contributed by atoms with van der Waals surface area (Å²) in [6.45, 7) is 4.17. The van der Waals surface area contributed by atoms with Gasteiger partial charge in [0, 0.05) is 24.1 Å². The van der Waals surface area contributed by atoms with Crippen molar-refractivity contribution in [2.24, 2.45) is 0 Å². The van der Waals surface area contributed by atoms with E-state index < -0.39 is 0 Å². The van der Waals surface area contributed by atoms with Crippen LogP contribution in [0.5, 0.6) is 5.88 Å². The Kier molecular flexibility index (Phi) is 6.26. The second-order valence-corrected chi connectivity index (χ2v) is 5.00. The van der Waals surface area contributed by atoms with Gasteiger partial charge in [-0.3, -0.25) is 0 Å². The van der Waals surface area contributed by atoms with Crippen LogP contribution in [0.25, 0.3) is 0 Å². The van der Waals surface area contributed by atoms with Crippen molar-refractivity contribution in [3.8, 4) is 5.88 Å². The van der Waals surface area contributed by atoms with Crippen LogP contribution in [-0.4, -0.2) is 30.1 Å². The lowest BCUT2D eigenvalue weighted by Gasteiger charge is -2.09. The van der Waals surface area contributed by atoms with Gasteiger partial charge in [0.1, 0.15) is 0 Å². The van der Waals surface area contributed by atoms with Crippen LogP contribution in [-0.2, 0) is 6.54 Å². The molecule has 0 aromatic carbocycles. The standard InChI is InChI=1S/C12H20N2OS/c1-10(16-3)6-7-13-8-11-4-5-12(15-2)14-9-11/h4-5,9-10,13H,6-8H2,1-3H3. The highest BCUT2D eigenvalue weighted by atomic mass is 32.2. The number of aromatic nitrogens is 1. The van der Waals surface area contributed by atoms with Crippen LogP contribution in [0, 0.1) is 0 Å². The number of pyridine rings is 1. The first kappa shape index (κ1) is 13.3. The highest BCUT2D eigenvalue weighted by molar-refractivity contribution is 7.99. The maximum Gasteiger partial charge on any atom is 0.212 e. The van der Waals surface area contributed by atoms with Gasteiger partial charge in [0.15, 0.2) is 0 Å². The van der Waals surface area contributed by atoms with E-state index in [0.717, 1.165) is 18.3 Å². The summed E-state index contributed by atoms with van der Waals surface area (Å²) in [6, 6.07) is 3.93. The number of nitrogens with one attached hydrogen (secondary N) is 1. The summed E-state index contributed by atoms with van der Waals surface area (Å²) < 4.78 is 5.01. The number of methoxy groups -OCH3 is 1. The van der Waals surface area contributed by atoms with Gasteiger partial charge < -0.3 is 10.1 Å². The molecule has 0 aliphatic heterocycles. The monoisotopic (exact) mass is 240 g/mol. The lowest BCUT2D eigenvalue weighted by atomic mass is 10.2. The number of thioether (sulfide) groups is 1. The van der Waals surface area contributed by atoms with Crippen molar-refractivity contribution >= 4 is 11.8 Å². The fourth-order valence-electron chi connectivity index (χ4n) is 1.29. The van der Waals surface area contributed by atoms with Crippen LogP contribution < -0.4 is 10.1 Å². The van der Waals surface area contributed by atoms with Gasteiger partial charge in [-0.1, -0.05) is 13.0 Å². The predicted molar refractivity (Wildman–Crippen MR) is 70.1 cm³/mol. The average Bonchev–Trinajstić information content (AvgIpc) is 2.35. The average molecular weight is 240 g/mol. The Morgan fingerprint density at radius 3 is 2.88 bits per heavy atom. The molecular weight excluding hydrogens is 220 g/mol. The molecule has 0 aliphatic carbocycles. The van der Waals surface area contributed by atoms with Gasteiger partial charge in [0.25, 0.3) is 0 Å². The molecule has 90 valence electrons. The molecule has 1 heterocycles. The fourth-order valence-corrected chi connectivity index (χ4v) is 1.65. The van der Waals surface area contributed by atoms with Crippen molar-refractivity contribution in [3.05, 3.63) is 23.9 Å². The van der Waals surface area contributed by atoms with Gasteiger partial charge in [0.2, 0.25) is 5.88 Å². The van der Waals surface area contributed by atoms with Crippen molar-refractivity contribution in [2.45, 2.75) is 25.1 Å². The molecule has 1 rings (SSSR count). The second kappa shape index (κ2) is 7.52. The zero-order valence-electron chi connectivity index (χ0n) is 10.2. The van der Waals surface area contributed by atoms with Gasteiger partial charge >= 0.3 is 0 Å². The third kappa shape index (κ3) is 4.86. The van der Waals surface area contributed by atoms with E-state index >= 15 is 0 Å². The van der Waals surface area contributed by atoms with Crippen molar-refractivity contribution in [2.75, 3.05) is 19.9 Å². The molecule has 0 fully saturated rings. The number of rotatable bonds is 7. The van der Waals surface area contributed by atoms with Gasteiger partial charge in [-0.25, -0.2) is 4.98 Å². The topological polar surface area (TPSA) is 34.1 Å². The summed E-state index contributed by atoms with van der Waals surface area (Å²) in [5, 5.41) is 4.13. The molecule has 1 aromatic heterocycles. The normalized spacial score (nSPS) is 12.4. The van der Waals surface area contributed by atoms with Crippen molar-refractivity contribution in [1.82, 2.24) is 10.3 Å². The van der Waals surface area contributed by atoms with E-state index in [0.29, 0.717) is 5.88 Å². The fraction of sp³-hybridized carbons (Fsp3) is 0.583. The molecule has 0 spiro atoms. The van der Waals surface area contributed by atoms with Crippen LogP contribution in [0.15, 0.2) is 18.3 Å². The molecule has 0 aliphatic rings. The van der Waals surface area contributed by atoms with E-state index in [9.17, 15) is 0 Å². The quantitative estimate of drug-likeness (QED) is 0.742. The van der Waals surface area contributed by atoms with Gasteiger partial charge in [0.05, 0.1) is 7.11 Å². The lowest BCUT2D eigenvalue weighted by molar-refractivity contribution is 0.397. The van der Waals surface area contributed by atoms with Crippen molar-refractivity contribution in [1.29, 1.82) is 0 Å². The summed E-state index contributed by atoms with van der Waals surface area (Å²) in [5.74, 6) is 0.666. The maximum absolute atomic E-state index is 5.01. The number of hydrogen-bond acceptors (Lipinski definition) is 4. The zero-order chi connectivity index (χ0) is 11.8. The highest BCUT2D eigenvalue weighted by Crippen LogP contribution is 2.09. The third-order valence-electron chi connectivity index (χ3n) is 2.47. The smallest absolute Gasteiger partial charge is 0.212 e. The molecular formula is C12H20N2OS. The Bertz CT molecular complexity index is 290. The molecule has 1 unspecified atom stereocenters. The Balaban J connectivity index is 2.21. The summed E-state index contributed by atoms with van der Waals surface area (Å²) in [6.07, 6.45) is 5.20. The van der Waals surface area contributed by atoms with E-state index in [1.54, 1.807) is 7.11 Å². The molecule has 4 heteroatoms. The molecule has 1 atom stereocenters. The SMILES string of the molecule is COc1ccc(CNCCC(C)SC)cn1. The minimum absolute atomic E-state index is 0.666. The van der Waals surface area contributed by atoms with Crippen LogP contribution >= 0.6 is 11.8 Å². The summed E-state index contributed by atoms with van der Waals surface area (Å²) in [4.78, 5) is 4.16. The van der Waals surface area contributed by atoms with Crippen LogP contribution in [0.3, 0.4) is 0 Å². The summed E-state index contributed by atoms with van der Waals surface area (Å²) in [7, 11) is 1.63. The Labute approximate surface area is 102 Å². The molecule has 1 aromatic rings. The molecule has 3 nitrogen and oxygen atoms in total. The van der Waals surface area contributed by atoms with E-state index in [1.807, 2.05) is 30.1 Å². The van der Waals surface area contributed by atoms with E-state index in [4.69, 9.17) is 4.74 Å². The maximum atomic E-state index is 5.01. The third-order valence-corrected chi connectivity index (χ3v) is 3.51. The molecule has 0 saturated carbocycles. The molecule has 1 N–H and O–H groups in total. The van der Waals surface area contributed by atoms with Gasteiger partial charge in [-0.2, -0.15) is 11.8 Å². The first-order valence-corrected chi connectivity index (χ1v) is 6.77. The Morgan fingerprint density at radius 2 is 2.31 bits per heavy atom. The number of ether oxygens (including phenoxy) is 1. The van der Waals surface area contributed by atoms with Gasteiger partial charge in [-0.05, 0) is 24.8 Å². The number of nitrogens with zero attached hydrogens (tertiary/aromatic N) is 1. The molecule has 0 radical (unpaired) electrons. The van der Waals surface area contributed by atoms with Crippen molar-refractivity contribution < 1.29 is 4.74 Å². The predicted octanol–water partition coefficient (Wildman–Crippen LogP) is 2.32. The summed E-state index contributed by atoms with van der Waals surface area (Å²) in [5.41, 5.74) is 1.19. The van der Waals surface area contributed by atoms with E-state index in [-0.39, 0.29) is 0 Å². The molecule has 16 heavy (non-hydrogen) atoms.